The Morgan fingerprint density at radius 2 is 1.17 bits per heavy atom. The van der Waals surface area contributed by atoms with E-state index in [4.69, 9.17) is 32.7 Å². The molecule has 0 aliphatic heterocycles. The van der Waals surface area contributed by atoms with Crippen molar-refractivity contribution >= 4 is 58.6 Å². The predicted octanol–water partition coefficient (Wildman–Crippen LogP) is 6.13. The van der Waals surface area contributed by atoms with Crippen molar-refractivity contribution in [3.63, 3.8) is 0 Å². The summed E-state index contributed by atoms with van der Waals surface area (Å²) in [6.45, 7) is -0.594. The third-order valence-electron chi connectivity index (χ3n) is 5.88. The number of aromatic carboxylic acids is 1. The van der Waals surface area contributed by atoms with Gasteiger partial charge < -0.3 is 25.2 Å². The van der Waals surface area contributed by atoms with E-state index in [1.54, 1.807) is 72.8 Å². The Kier molecular flexibility index (Phi) is 10.1. The van der Waals surface area contributed by atoms with Gasteiger partial charge >= 0.3 is 5.97 Å². The molecule has 0 aliphatic carbocycles. The summed E-state index contributed by atoms with van der Waals surface area (Å²) in [5.41, 5.74) is 1.90. The molecule has 0 bridgehead atoms. The van der Waals surface area contributed by atoms with Crippen molar-refractivity contribution in [3.05, 3.63) is 117 Å². The number of halogens is 2. The van der Waals surface area contributed by atoms with E-state index in [2.05, 4.69) is 10.6 Å². The SMILES string of the molecule is O=Cc1cc(Cc2ccc(NC(=O)COc3ccc(Cl)cc3)c(C(=O)O)c2)ccc1NC(=O)COc1ccc(Cl)cc1. The molecule has 0 spiro atoms. The summed E-state index contributed by atoms with van der Waals surface area (Å²) in [7, 11) is 0. The van der Waals surface area contributed by atoms with E-state index in [1.807, 2.05) is 0 Å². The number of hydrogen-bond donors (Lipinski definition) is 3. The van der Waals surface area contributed by atoms with Crippen LogP contribution in [0, 0.1) is 0 Å². The van der Waals surface area contributed by atoms with Gasteiger partial charge in [0.2, 0.25) is 0 Å². The van der Waals surface area contributed by atoms with Gasteiger partial charge in [-0.1, -0.05) is 35.3 Å². The number of anilines is 2. The van der Waals surface area contributed by atoms with Crippen LogP contribution in [0.3, 0.4) is 0 Å². The van der Waals surface area contributed by atoms with Crippen LogP contribution < -0.4 is 20.1 Å². The predicted molar refractivity (Wildman–Crippen MR) is 159 cm³/mol. The molecule has 42 heavy (non-hydrogen) atoms. The molecule has 0 aromatic heterocycles. The minimum Gasteiger partial charge on any atom is -0.484 e. The number of amides is 2. The van der Waals surface area contributed by atoms with Gasteiger partial charge in [0.15, 0.2) is 19.5 Å². The fourth-order valence-electron chi connectivity index (χ4n) is 3.89. The number of benzene rings is 4. The molecular formula is C31H24Cl2N2O7. The largest absolute Gasteiger partial charge is 0.484 e. The number of ether oxygens (including phenoxy) is 2. The minimum atomic E-state index is -1.22. The fraction of sp³-hybridized carbons (Fsp3) is 0.0968. The molecule has 0 aliphatic rings. The van der Waals surface area contributed by atoms with Crippen LogP contribution in [0.15, 0.2) is 84.9 Å². The van der Waals surface area contributed by atoms with Crippen LogP contribution in [0.1, 0.15) is 31.8 Å². The lowest BCUT2D eigenvalue weighted by atomic mass is 9.99. The summed E-state index contributed by atoms with van der Waals surface area (Å²) in [6, 6.07) is 22.5. The van der Waals surface area contributed by atoms with Gasteiger partial charge in [0, 0.05) is 15.6 Å². The van der Waals surface area contributed by atoms with Gasteiger partial charge in [-0.25, -0.2) is 4.79 Å². The first-order chi connectivity index (χ1) is 20.2. The summed E-state index contributed by atoms with van der Waals surface area (Å²) in [4.78, 5) is 48.4. The lowest BCUT2D eigenvalue weighted by Gasteiger charge is -2.13. The molecule has 4 rings (SSSR count). The molecule has 9 nitrogen and oxygen atoms in total. The van der Waals surface area contributed by atoms with Gasteiger partial charge in [0.25, 0.3) is 11.8 Å². The molecule has 0 saturated carbocycles. The number of carbonyl (C=O) groups is 4. The first kappa shape index (κ1) is 30.1. The number of rotatable bonds is 12. The monoisotopic (exact) mass is 606 g/mol. The highest BCUT2D eigenvalue weighted by atomic mass is 35.5. The zero-order valence-electron chi connectivity index (χ0n) is 21.9. The van der Waals surface area contributed by atoms with E-state index < -0.39 is 17.8 Å². The smallest absolute Gasteiger partial charge is 0.337 e. The van der Waals surface area contributed by atoms with Crippen LogP contribution in [-0.4, -0.2) is 42.4 Å². The van der Waals surface area contributed by atoms with E-state index in [9.17, 15) is 24.3 Å². The van der Waals surface area contributed by atoms with Gasteiger partial charge in [-0.3, -0.25) is 14.4 Å². The number of carboxylic acid groups (broad SMARTS) is 1. The van der Waals surface area contributed by atoms with Crippen LogP contribution in [0.25, 0.3) is 0 Å². The van der Waals surface area contributed by atoms with Crippen LogP contribution in [-0.2, 0) is 16.0 Å². The topological polar surface area (TPSA) is 131 Å². The minimum absolute atomic E-state index is 0.104. The summed E-state index contributed by atoms with van der Waals surface area (Å²) < 4.78 is 10.8. The second-order valence-electron chi connectivity index (χ2n) is 8.98. The van der Waals surface area contributed by atoms with Crippen molar-refractivity contribution in [2.75, 3.05) is 23.8 Å². The second-order valence-corrected chi connectivity index (χ2v) is 9.86. The highest BCUT2D eigenvalue weighted by molar-refractivity contribution is 6.30. The lowest BCUT2D eigenvalue weighted by Crippen LogP contribution is -2.21. The summed E-state index contributed by atoms with van der Waals surface area (Å²) in [5.74, 6) is -1.30. The lowest BCUT2D eigenvalue weighted by molar-refractivity contribution is -0.118. The van der Waals surface area contributed by atoms with Crippen molar-refractivity contribution in [2.24, 2.45) is 0 Å². The quantitative estimate of drug-likeness (QED) is 0.165. The summed E-state index contributed by atoms with van der Waals surface area (Å²) >= 11 is 11.7. The average molecular weight is 607 g/mol. The number of aldehydes is 1. The molecule has 11 heteroatoms. The summed E-state index contributed by atoms with van der Waals surface area (Å²) in [5, 5.41) is 16.0. The average Bonchev–Trinajstić information content (AvgIpc) is 2.98. The standard InChI is InChI=1S/C31H24Cl2N2O7/c32-22-3-7-24(8-4-22)41-17-29(37)34-27-11-1-19(14-21(27)16-36)13-20-2-12-28(26(15-20)31(39)40)35-30(38)18-42-25-9-5-23(33)6-10-25/h1-12,14-16H,13,17-18H2,(H,34,37)(H,35,38)(H,39,40). The highest BCUT2D eigenvalue weighted by Gasteiger charge is 2.15. The first-order valence-electron chi connectivity index (χ1n) is 12.5. The first-order valence-corrected chi connectivity index (χ1v) is 13.3. The molecule has 0 heterocycles. The highest BCUT2D eigenvalue weighted by Crippen LogP contribution is 2.23. The van der Waals surface area contributed by atoms with Gasteiger partial charge in [0.1, 0.15) is 11.5 Å². The van der Waals surface area contributed by atoms with Crippen molar-refractivity contribution < 1.29 is 33.8 Å². The molecule has 0 atom stereocenters. The van der Waals surface area contributed by atoms with E-state index in [0.29, 0.717) is 51.1 Å². The van der Waals surface area contributed by atoms with Gasteiger partial charge in [-0.2, -0.15) is 0 Å². The molecule has 2 amide bonds. The Hall–Kier alpha value is -4.86. The van der Waals surface area contributed by atoms with Gasteiger partial charge in [-0.05, 0) is 90.3 Å². The van der Waals surface area contributed by atoms with Gasteiger partial charge in [-0.15, -0.1) is 0 Å². The van der Waals surface area contributed by atoms with Crippen LogP contribution in [0.2, 0.25) is 10.0 Å². The molecule has 0 fully saturated rings. The molecule has 3 N–H and O–H groups in total. The third kappa shape index (κ3) is 8.57. The third-order valence-corrected chi connectivity index (χ3v) is 6.38. The van der Waals surface area contributed by atoms with E-state index >= 15 is 0 Å². The maximum Gasteiger partial charge on any atom is 0.337 e. The van der Waals surface area contributed by atoms with E-state index in [1.165, 1.54) is 12.1 Å². The second kappa shape index (κ2) is 14.2. The Balaban J connectivity index is 1.38. The maximum atomic E-state index is 12.4. The molecule has 0 unspecified atom stereocenters. The van der Waals surface area contributed by atoms with Gasteiger partial charge in [0.05, 0.1) is 16.9 Å². The zero-order chi connectivity index (χ0) is 30.1. The Morgan fingerprint density at radius 1 is 0.690 bits per heavy atom. The number of nitrogens with one attached hydrogen (secondary N) is 2. The molecule has 0 saturated heterocycles. The zero-order valence-corrected chi connectivity index (χ0v) is 23.4. The summed E-state index contributed by atoms with van der Waals surface area (Å²) in [6.07, 6.45) is 0.912. The van der Waals surface area contributed by atoms with Crippen LogP contribution in [0.4, 0.5) is 11.4 Å². The maximum absolute atomic E-state index is 12.4. The van der Waals surface area contributed by atoms with E-state index in [0.717, 1.165) is 0 Å². The molecular weight excluding hydrogens is 583 g/mol. The van der Waals surface area contributed by atoms with Crippen LogP contribution >= 0.6 is 23.2 Å². The Labute approximate surface area is 251 Å². The van der Waals surface area contributed by atoms with Crippen molar-refractivity contribution in [2.45, 2.75) is 6.42 Å². The fourth-order valence-corrected chi connectivity index (χ4v) is 4.14. The molecule has 4 aromatic rings. The Bertz CT molecular complexity index is 1610. The van der Waals surface area contributed by atoms with Crippen molar-refractivity contribution in [3.8, 4) is 11.5 Å². The molecule has 0 radical (unpaired) electrons. The molecule has 214 valence electrons. The van der Waals surface area contributed by atoms with Crippen LogP contribution in [0.5, 0.6) is 11.5 Å². The van der Waals surface area contributed by atoms with Crippen molar-refractivity contribution in [1.29, 1.82) is 0 Å². The number of carboxylic acids is 1. The van der Waals surface area contributed by atoms with E-state index in [-0.39, 0.29) is 30.0 Å². The normalized spacial score (nSPS) is 10.4. The van der Waals surface area contributed by atoms with Crippen molar-refractivity contribution in [1.82, 2.24) is 0 Å². The Morgan fingerprint density at radius 3 is 1.67 bits per heavy atom. The number of hydrogen-bond acceptors (Lipinski definition) is 6. The molecule has 4 aromatic carbocycles. The number of carbonyl (C=O) groups excluding carboxylic acids is 3.